The molecular formula is C18H18O6. The molecule has 0 aliphatic rings. The predicted molar refractivity (Wildman–Crippen MR) is 86.4 cm³/mol. The van der Waals surface area contributed by atoms with Gasteiger partial charge in [-0.2, -0.15) is 0 Å². The van der Waals surface area contributed by atoms with Gasteiger partial charge in [0.1, 0.15) is 22.8 Å². The van der Waals surface area contributed by atoms with Gasteiger partial charge in [-0.25, -0.2) is 4.79 Å². The Balaban J connectivity index is 2.24. The zero-order chi connectivity index (χ0) is 17.5. The summed E-state index contributed by atoms with van der Waals surface area (Å²) < 4.78 is 20.7. The molecule has 2 aromatic rings. The number of ether oxygens (including phenoxy) is 4. The zero-order valence-corrected chi connectivity index (χ0v) is 13.7. The molecule has 2 aromatic carbocycles. The number of carbonyl (C=O) groups excluding carboxylic acids is 2. The molecular weight excluding hydrogens is 312 g/mol. The molecule has 2 rings (SSSR count). The second kappa shape index (κ2) is 8.12. The molecule has 126 valence electrons. The molecule has 0 aliphatic heterocycles. The van der Waals surface area contributed by atoms with Crippen LogP contribution in [0.2, 0.25) is 0 Å². The largest absolute Gasteiger partial charge is 0.496 e. The minimum absolute atomic E-state index is 0.153. The fraction of sp³-hybridized carbons (Fsp3) is 0.222. The lowest BCUT2D eigenvalue weighted by atomic mass is 10.2. The van der Waals surface area contributed by atoms with E-state index in [-0.39, 0.29) is 11.3 Å². The number of benzene rings is 2. The molecule has 0 heterocycles. The standard InChI is InChI=1S/C18H18O6/c1-12(19)23-17-7-5-4-6-15(17)18(20)24-14-8-9-16(22-3)13(10-14)11-21-2/h4-10H,11H2,1-3H3. The van der Waals surface area contributed by atoms with Crippen molar-refractivity contribution in [2.75, 3.05) is 14.2 Å². The molecule has 0 aliphatic carbocycles. The molecule has 0 atom stereocenters. The number of para-hydroxylation sites is 1. The Hall–Kier alpha value is -2.86. The van der Waals surface area contributed by atoms with Gasteiger partial charge in [0.05, 0.1) is 13.7 Å². The van der Waals surface area contributed by atoms with Gasteiger partial charge in [-0.05, 0) is 30.3 Å². The average Bonchev–Trinajstić information content (AvgIpc) is 2.55. The highest BCUT2D eigenvalue weighted by atomic mass is 16.5. The van der Waals surface area contributed by atoms with Gasteiger partial charge >= 0.3 is 11.9 Å². The molecule has 6 heteroatoms. The van der Waals surface area contributed by atoms with Crippen molar-refractivity contribution < 1.29 is 28.5 Å². The Labute approximate surface area is 139 Å². The Morgan fingerprint density at radius 3 is 2.38 bits per heavy atom. The topological polar surface area (TPSA) is 71.1 Å². The van der Waals surface area contributed by atoms with Gasteiger partial charge in [-0.1, -0.05) is 12.1 Å². The second-order valence-electron chi connectivity index (χ2n) is 4.89. The van der Waals surface area contributed by atoms with E-state index in [2.05, 4.69) is 0 Å². The number of hydrogen-bond acceptors (Lipinski definition) is 6. The maximum atomic E-state index is 12.4. The summed E-state index contributed by atoms with van der Waals surface area (Å²) >= 11 is 0. The SMILES string of the molecule is COCc1cc(OC(=O)c2ccccc2OC(C)=O)ccc1OC. The first-order valence-corrected chi connectivity index (χ1v) is 7.20. The van der Waals surface area contributed by atoms with Crippen LogP contribution >= 0.6 is 0 Å². The van der Waals surface area contributed by atoms with Crippen LogP contribution in [-0.4, -0.2) is 26.2 Å². The van der Waals surface area contributed by atoms with E-state index in [4.69, 9.17) is 18.9 Å². The Morgan fingerprint density at radius 1 is 0.958 bits per heavy atom. The van der Waals surface area contributed by atoms with Gasteiger partial charge in [0, 0.05) is 19.6 Å². The van der Waals surface area contributed by atoms with Gasteiger partial charge in [0.15, 0.2) is 0 Å². The lowest BCUT2D eigenvalue weighted by Crippen LogP contribution is -2.12. The molecule has 24 heavy (non-hydrogen) atoms. The minimum atomic E-state index is -0.625. The molecule has 0 bridgehead atoms. The van der Waals surface area contributed by atoms with Crippen molar-refractivity contribution in [3.63, 3.8) is 0 Å². The van der Waals surface area contributed by atoms with E-state index in [1.165, 1.54) is 19.1 Å². The van der Waals surface area contributed by atoms with E-state index in [0.29, 0.717) is 18.1 Å². The number of carbonyl (C=O) groups is 2. The van der Waals surface area contributed by atoms with Gasteiger partial charge < -0.3 is 18.9 Å². The zero-order valence-electron chi connectivity index (χ0n) is 13.7. The summed E-state index contributed by atoms with van der Waals surface area (Å²) in [5, 5.41) is 0. The van der Waals surface area contributed by atoms with Crippen molar-refractivity contribution in [2.45, 2.75) is 13.5 Å². The fourth-order valence-electron chi connectivity index (χ4n) is 2.13. The molecule has 0 N–H and O–H groups in total. The van der Waals surface area contributed by atoms with Crippen LogP contribution in [0.5, 0.6) is 17.2 Å². The maximum absolute atomic E-state index is 12.4. The minimum Gasteiger partial charge on any atom is -0.496 e. The highest BCUT2D eigenvalue weighted by molar-refractivity contribution is 5.94. The summed E-state index contributed by atoms with van der Waals surface area (Å²) in [6.45, 7) is 1.58. The predicted octanol–water partition coefficient (Wildman–Crippen LogP) is 2.99. The monoisotopic (exact) mass is 330 g/mol. The molecule has 0 saturated carbocycles. The number of hydrogen-bond donors (Lipinski definition) is 0. The van der Waals surface area contributed by atoms with Crippen molar-refractivity contribution in [1.29, 1.82) is 0 Å². The highest BCUT2D eigenvalue weighted by Gasteiger charge is 2.16. The van der Waals surface area contributed by atoms with Crippen LogP contribution in [0, 0.1) is 0 Å². The molecule has 0 unspecified atom stereocenters. The van der Waals surface area contributed by atoms with Crippen molar-refractivity contribution in [3.8, 4) is 17.2 Å². The second-order valence-corrected chi connectivity index (χ2v) is 4.89. The van der Waals surface area contributed by atoms with Gasteiger partial charge in [0.25, 0.3) is 0 Å². The fourth-order valence-corrected chi connectivity index (χ4v) is 2.13. The van der Waals surface area contributed by atoms with Crippen LogP contribution in [-0.2, 0) is 16.1 Å². The normalized spacial score (nSPS) is 10.1. The van der Waals surface area contributed by atoms with Crippen molar-refractivity contribution in [1.82, 2.24) is 0 Å². The third kappa shape index (κ3) is 4.33. The first kappa shape index (κ1) is 17.5. The van der Waals surface area contributed by atoms with Crippen LogP contribution in [0.3, 0.4) is 0 Å². The summed E-state index contributed by atoms with van der Waals surface area (Å²) in [6.07, 6.45) is 0. The summed E-state index contributed by atoms with van der Waals surface area (Å²) in [5.41, 5.74) is 0.912. The summed E-state index contributed by atoms with van der Waals surface area (Å²) in [5.74, 6) is -0.00877. The number of rotatable bonds is 6. The van der Waals surface area contributed by atoms with Crippen LogP contribution < -0.4 is 14.2 Å². The lowest BCUT2D eigenvalue weighted by molar-refractivity contribution is -0.131. The Morgan fingerprint density at radius 2 is 1.71 bits per heavy atom. The first-order chi connectivity index (χ1) is 11.5. The van der Waals surface area contributed by atoms with E-state index in [1.54, 1.807) is 44.6 Å². The van der Waals surface area contributed by atoms with E-state index in [1.807, 2.05) is 0 Å². The quantitative estimate of drug-likeness (QED) is 0.599. The smallest absolute Gasteiger partial charge is 0.347 e. The summed E-state index contributed by atoms with van der Waals surface area (Å²) in [7, 11) is 3.11. The maximum Gasteiger partial charge on any atom is 0.347 e. The van der Waals surface area contributed by atoms with Crippen molar-refractivity contribution in [3.05, 3.63) is 53.6 Å². The van der Waals surface area contributed by atoms with Gasteiger partial charge in [-0.3, -0.25) is 4.79 Å². The lowest BCUT2D eigenvalue weighted by Gasteiger charge is -2.11. The van der Waals surface area contributed by atoms with E-state index < -0.39 is 11.9 Å². The van der Waals surface area contributed by atoms with Crippen LogP contribution in [0.4, 0.5) is 0 Å². The third-order valence-electron chi connectivity index (χ3n) is 3.12. The van der Waals surface area contributed by atoms with Gasteiger partial charge in [0.2, 0.25) is 0 Å². The molecule has 6 nitrogen and oxygen atoms in total. The first-order valence-electron chi connectivity index (χ1n) is 7.20. The molecule has 0 radical (unpaired) electrons. The average molecular weight is 330 g/mol. The third-order valence-corrected chi connectivity index (χ3v) is 3.12. The van der Waals surface area contributed by atoms with E-state index in [9.17, 15) is 9.59 Å². The number of esters is 2. The van der Waals surface area contributed by atoms with Crippen LogP contribution in [0.15, 0.2) is 42.5 Å². The molecule has 0 aromatic heterocycles. The van der Waals surface area contributed by atoms with Crippen LogP contribution in [0.25, 0.3) is 0 Å². The summed E-state index contributed by atoms with van der Waals surface area (Å²) in [6, 6.07) is 11.4. The van der Waals surface area contributed by atoms with E-state index >= 15 is 0 Å². The van der Waals surface area contributed by atoms with Crippen LogP contribution in [0.1, 0.15) is 22.8 Å². The van der Waals surface area contributed by atoms with Crippen molar-refractivity contribution >= 4 is 11.9 Å². The molecule has 0 amide bonds. The number of methoxy groups -OCH3 is 2. The Kier molecular flexibility index (Phi) is 5.92. The van der Waals surface area contributed by atoms with E-state index in [0.717, 1.165) is 5.56 Å². The molecule has 0 saturated heterocycles. The van der Waals surface area contributed by atoms with Crippen molar-refractivity contribution in [2.24, 2.45) is 0 Å². The highest BCUT2D eigenvalue weighted by Crippen LogP contribution is 2.26. The Bertz CT molecular complexity index is 738. The summed E-state index contributed by atoms with van der Waals surface area (Å²) in [4.78, 5) is 23.5. The van der Waals surface area contributed by atoms with Gasteiger partial charge in [-0.15, -0.1) is 0 Å². The molecule has 0 fully saturated rings. The molecule has 0 spiro atoms.